The Bertz CT molecular complexity index is 208. The van der Waals surface area contributed by atoms with Crippen molar-refractivity contribution in [3.05, 3.63) is 0 Å². The van der Waals surface area contributed by atoms with Crippen molar-refractivity contribution in [3.8, 4) is 0 Å². The van der Waals surface area contributed by atoms with E-state index < -0.39 is 11.5 Å². The number of piperidine rings is 1. The predicted molar refractivity (Wildman–Crippen MR) is 53.2 cm³/mol. The minimum absolute atomic E-state index is 0.131. The molecular weight excluding hydrogens is 182 g/mol. The van der Waals surface area contributed by atoms with Crippen LogP contribution in [0.25, 0.3) is 0 Å². The van der Waals surface area contributed by atoms with Crippen LogP contribution in [0.3, 0.4) is 0 Å². The van der Waals surface area contributed by atoms with E-state index >= 15 is 0 Å². The second-order valence-corrected chi connectivity index (χ2v) is 4.10. The van der Waals surface area contributed by atoms with Gasteiger partial charge in [0.05, 0.1) is 0 Å². The molecular formula is C10H19NO3. The minimum atomic E-state index is -0.741. The molecule has 1 saturated heterocycles. The van der Waals surface area contributed by atoms with Crippen molar-refractivity contribution in [3.63, 3.8) is 0 Å². The molecule has 0 aromatic heterocycles. The van der Waals surface area contributed by atoms with Crippen LogP contribution in [0.2, 0.25) is 0 Å². The molecule has 1 rings (SSSR count). The molecule has 2 N–H and O–H groups in total. The highest BCUT2D eigenvalue weighted by atomic mass is 16.4. The van der Waals surface area contributed by atoms with Gasteiger partial charge in [-0.3, -0.25) is 9.69 Å². The Morgan fingerprint density at radius 3 is 2.79 bits per heavy atom. The Balaban J connectivity index is 2.63. The van der Waals surface area contributed by atoms with E-state index in [-0.39, 0.29) is 6.61 Å². The first-order valence-corrected chi connectivity index (χ1v) is 5.20. The molecule has 1 unspecified atom stereocenters. The van der Waals surface area contributed by atoms with Crippen LogP contribution in [0.15, 0.2) is 0 Å². The summed E-state index contributed by atoms with van der Waals surface area (Å²) in [4.78, 5) is 13.1. The largest absolute Gasteiger partial charge is 0.480 e. The molecule has 14 heavy (non-hydrogen) atoms. The molecule has 0 radical (unpaired) electrons. The van der Waals surface area contributed by atoms with Crippen molar-refractivity contribution in [2.24, 2.45) is 0 Å². The molecule has 1 atom stereocenters. The molecule has 0 saturated carbocycles. The van der Waals surface area contributed by atoms with E-state index in [9.17, 15) is 4.79 Å². The van der Waals surface area contributed by atoms with Crippen molar-refractivity contribution in [1.29, 1.82) is 0 Å². The van der Waals surface area contributed by atoms with Crippen LogP contribution >= 0.6 is 0 Å². The van der Waals surface area contributed by atoms with Gasteiger partial charge in [0.1, 0.15) is 5.54 Å². The van der Waals surface area contributed by atoms with E-state index in [1.807, 2.05) is 4.90 Å². The van der Waals surface area contributed by atoms with Crippen LogP contribution in [-0.4, -0.2) is 46.3 Å². The normalized spacial score (nSPS) is 29.0. The quantitative estimate of drug-likeness (QED) is 0.703. The number of aliphatic carboxylic acids is 1. The Morgan fingerprint density at radius 1 is 1.50 bits per heavy atom. The van der Waals surface area contributed by atoms with E-state index in [2.05, 4.69) is 0 Å². The minimum Gasteiger partial charge on any atom is -0.480 e. The second-order valence-electron chi connectivity index (χ2n) is 4.10. The van der Waals surface area contributed by atoms with Crippen molar-refractivity contribution >= 4 is 5.97 Å². The van der Waals surface area contributed by atoms with Gasteiger partial charge < -0.3 is 10.2 Å². The number of hydrogen-bond acceptors (Lipinski definition) is 3. The highest BCUT2D eigenvalue weighted by molar-refractivity contribution is 5.78. The molecule has 0 amide bonds. The average Bonchev–Trinajstić information content (AvgIpc) is 2.16. The summed E-state index contributed by atoms with van der Waals surface area (Å²) >= 11 is 0. The summed E-state index contributed by atoms with van der Waals surface area (Å²) in [5.74, 6) is -0.741. The number of aliphatic hydroxyl groups is 1. The zero-order chi connectivity index (χ0) is 10.6. The maximum Gasteiger partial charge on any atom is 0.323 e. The van der Waals surface area contributed by atoms with Gasteiger partial charge in [0.2, 0.25) is 0 Å². The van der Waals surface area contributed by atoms with Gasteiger partial charge in [-0.05, 0) is 39.2 Å². The maximum atomic E-state index is 11.1. The topological polar surface area (TPSA) is 60.8 Å². The van der Waals surface area contributed by atoms with Crippen molar-refractivity contribution in [2.45, 2.75) is 38.1 Å². The van der Waals surface area contributed by atoms with Gasteiger partial charge in [0.15, 0.2) is 0 Å². The number of carboxylic acid groups (broad SMARTS) is 1. The fourth-order valence-electron chi connectivity index (χ4n) is 2.04. The average molecular weight is 201 g/mol. The van der Waals surface area contributed by atoms with Crippen LogP contribution in [0.5, 0.6) is 0 Å². The summed E-state index contributed by atoms with van der Waals surface area (Å²) < 4.78 is 0. The van der Waals surface area contributed by atoms with Crippen molar-refractivity contribution in [2.75, 3.05) is 19.7 Å². The lowest BCUT2D eigenvalue weighted by atomic mass is 9.88. The lowest BCUT2D eigenvalue weighted by Crippen LogP contribution is -2.55. The number of carboxylic acids is 1. The molecule has 0 bridgehead atoms. The number of rotatable bonds is 4. The van der Waals surface area contributed by atoms with Crippen LogP contribution in [0, 0.1) is 0 Å². The molecule has 0 aromatic carbocycles. The summed E-state index contributed by atoms with van der Waals surface area (Å²) in [5.41, 5.74) is -0.715. The number of carbonyl (C=O) groups is 1. The monoisotopic (exact) mass is 201 g/mol. The van der Waals surface area contributed by atoms with Crippen LogP contribution in [-0.2, 0) is 4.79 Å². The summed E-state index contributed by atoms with van der Waals surface area (Å²) in [6, 6.07) is 0. The van der Waals surface area contributed by atoms with E-state index in [0.29, 0.717) is 19.4 Å². The van der Waals surface area contributed by atoms with Gasteiger partial charge in [-0.25, -0.2) is 0 Å². The molecule has 0 aliphatic carbocycles. The summed E-state index contributed by atoms with van der Waals surface area (Å²) in [6.45, 7) is 3.43. The van der Waals surface area contributed by atoms with E-state index in [1.165, 1.54) is 0 Å². The number of nitrogens with zero attached hydrogens (tertiary/aromatic N) is 1. The van der Waals surface area contributed by atoms with Gasteiger partial charge in [0, 0.05) is 13.2 Å². The third kappa shape index (κ3) is 2.25. The maximum absolute atomic E-state index is 11.1. The molecule has 1 heterocycles. The molecule has 1 aliphatic heterocycles. The Morgan fingerprint density at radius 2 is 2.21 bits per heavy atom. The summed E-state index contributed by atoms with van der Waals surface area (Å²) in [7, 11) is 0. The molecule has 4 nitrogen and oxygen atoms in total. The van der Waals surface area contributed by atoms with Crippen molar-refractivity contribution in [1.82, 2.24) is 4.90 Å². The zero-order valence-electron chi connectivity index (χ0n) is 8.70. The van der Waals surface area contributed by atoms with E-state index in [0.717, 1.165) is 19.4 Å². The number of hydrogen-bond donors (Lipinski definition) is 2. The van der Waals surface area contributed by atoms with Crippen LogP contribution in [0.1, 0.15) is 32.6 Å². The predicted octanol–water partition coefficient (Wildman–Crippen LogP) is 0.698. The molecule has 0 spiro atoms. The Hall–Kier alpha value is -0.610. The third-order valence-electron chi connectivity index (χ3n) is 3.09. The first kappa shape index (κ1) is 11.5. The summed E-state index contributed by atoms with van der Waals surface area (Å²) in [6.07, 6.45) is 3.42. The lowest BCUT2D eigenvalue weighted by molar-refractivity contribution is -0.153. The fourth-order valence-corrected chi connectivity index (χ4v) is 2.04. The van der Waals surface area contributed by atoms with Crippen LogP contribution < -0.4 is 0 Å². The van der Waals surface area contributed by atoms with Gasteiger partial charge in [0.25, 0.3) is 0 Å². The Labute approximate surface area is 84.5 Å². The molecule has 4 heteroatoms. The number of likely N-dealkylation sites (tertiary alicyclic amines) is 1. The molecule has 1 aliphatic rings. The Kier molecular flexibility index (Phi) is 3.89. The third-order valence-corrected chi connectivity index (χ3v) is 3.09. The fraction of sp³-hybridized carbons (Fsp3) is 0.900. The van der Waals surface area contributed by atoms with Gasteiger partial charge in [-0.2, -0.15) is 0 Å². The SMILES string of the molecule is CC1(C(=O)O)CCCCN1CCCO. The molecule has 82 valence electrons. The standard InChI is InChI=1S/C10H19NO3/c1-10(9(13)14)5-2-3-6-11(10)7-4-8-12/h12H,2-8H2,1H3,(H,13,14). The van der Waals surface area contributed by atoms with Gasteiger partial charge >= 0.3 is 5.97 Å². The highest BCUT2D eigenvalue weighted by Crippen LogP contribution is 2.28. The van der Waals surface area contributed by atoms with E-state index in [4.69, 9.17) is 10.2 Å². The highest BCUT2D eigenvalue weighted by Gasteiger charge is 2.40. The van der Waals surface area contributed by atoms with Crippen molar-refractivity contribution < 1.29 is 15.0 Å². The van der Waals surface area contributed by atoms with E-state index in [1.54, 1.807) is 6.92 Å². The lowest BCUT2D eigenvalue weighted by Gasteiger charge is -2.41. The van der Waals surface area contributed by atoms with Gasteiger partial charge in [-0.15, -0.1) is 0 Å². The molecule has 0 aromatic rings. The smallest absolute Gasteiger partial charge is 0.323 e. The first-order chi connectivity index (χ1) is 6.61. The van der Waals surface area contributed by atoms with Gasteiger partial charge in [-0.1, -0.05) is 0 Å². The zero-order valence-corrected chi connectivity index (χ0v) is 8.70. The van der Waals surface area contributed by atoms with Crippen LogP contribution in [0.4, 0.5) is 0 Å². The molecule has 1 fully saturated rings. The first-order valence-electron chi connectivity index (χ1n) is 5.20. The second kappa shape index (κ2) is 4.75. The summed E-state index contributed by atoms with van der Waals surface area (Å²) in [5, 5.41) is 17.9. The number of aliphatic hydroxyl groups excluding tert-OH is 1.